The van der Waals surface area contributed by atoms with Gasteiger partial charge in [0.25, 0.3) is 0 Å². The van der Waals surface area contributed by atoms with Crippen LogP contribution in [0.4, 0.5) is 0 Å². The van der Waals surface area contributed by atoms with E-state index < -0.39 is 0 Å². The van der Waals surface area contributed by atoms with E-state index in [1.54, 1.807) is 6.26 Å². The average Bonchev–Trinajstić information content (AvgIpc) is 2.93. The van der Waals surface area contributed by atoms with E-state index >= 15 is 0 Å². The zero-order valence-corrected chi connectivity index (χ0v) is 11.9. The minimum absolute atomic E-state index is 0.144. The minimum atomic E-state index is -0.144. The zero-order chi connectivity index (χ0) is 14.7. The summed E-state index contributed by atoms with van der Waals surface area (Å²) in [6.45, 7) is 2.60. The van der Waals surface area contributed by atoms with Crippen molar-refractivity contribution in [3.63, 3.8) is 0 Å². The van der Waals surface area contributed by atoms with Gasteiger partial charge >= 0.3 is 0 Å². The van der Waals surface area contributed by atoms with Crippen molar-refractivity contribution >= 4 is 11.0 Å². The second-order valence-electron chi connectivity index (χ2n) is 4.79. The number of fused-ring (bicyclic) bond motifs is 1. The Hall–Kier alpha value is -2.30. The topological polar surface area (TPSA) is 60.4 Å². The molecule has 0 aliphatic carbocycles. The fraction of sp³-hybridized carbons (Fsp3) is 0.176. The van der Waals surface area contributed by atoms with Gasteiger partial charge < -0.3 is 9.15 Å². The highest BCUT2D eigenvalue weighted by atomic mass is 16.5. The molecular weight excluding hydrogens is 264 g/mol. The quantitative estimate of drug-likeness (QED) is 0.556. The molecular formula is C17H18N2O2. The van der Waals surface area contributed by atoms with Crippen LogP contribution in [-0.2, 0) is 0 Å². The molecule has 21 heavy (non-hydrogen) atoms. The molecule has 3 N–H and O–H groups in total. The highest BCUT2D eigenvalue weighted by molar-refractivity contribution is 5.81. The first kappa shape index (κ1) is 13.7. The normalized spacial score (nSPS) is 12.5. The van der Waals surface area contributed by atoms with Gasteiger partial charge in [0.15, 0.2) is 0 Å². The first-order valence-electron chi connectivity index (χ1n) is 6.98. The van der Waals surface area contributed by atoms with Crippen molar-refractivity contribution in [2.45, 2.75) is 13.0 Å². The lowest BCUT2D eigenvalue weighted by molar-refractivity contribution is 0.339. The smallest absolute Gasteiger partial charge is 0.134 e. The van der Waals surface area contributed by atoms with Crippen molar-refractivity contribution < 1.29 is 9.15 Å². The van der Waals surface area contributed by atoms with Crippen LogP contribution in [0, 0.1) is 0 Å². The van der Waals surface area contributed by atoms with E-state index in [9.17, 15) is 0 Å². The van der Waals surface area contributed by atoms with Crippen LogP contribution < -0.4 is 16.0 Å². The number of hydrazine groups is 1. The van der Waals surface area contributed by atoms with Gasteiger partial charge in [-0.15, -0.1) is 0 Å². The van der Waals surface area contributed by atoms with E-state index in [2.05, 4.69) is 5.43 Å². The number of para-hydroxylation sites is 1. The number of nitrogens with two attached hydrogens (primary N) is 1. The fourth-order valence-electron chi connectivity index (χ4n) is 2.54. The van der Waals surface area contributed by atoms with Crippen molar-refractivity contribution in [3.8, 4) is 5.75 Å². The third-order valence-electron chi connectivity index (χ3n) is 3.49. The van der Waals surface area contributed by atoms with Crippen molar-refractivity contribution in [2.24, 2.45) is 5.84 Å². The third-order valence-corrected chi connectivity index (χ3v) is 3.49. The first-order valence-corrected chi connectivity index (χ1v) is 6.98. The fourth-order valence-corrected chi connectivity index (χ4v) is 2.54. The Kier molecular flexibility index (Phi) is 3.90. The summed E-state index contributed by atoms with van der Waals surface area (Å²) < 4.78 is 11.2. The van der Waals surface area contributed by atoms with Gasteiger partial charge in [0.2, 0.25) is 0 Å². The Morgan fingerprint density at radius 1 is 1.19 bits per heavy atom. The molecule has 0 aliphatic rings. The zero-order valence-electron chi connectivity index (χ0n) is 11.9. The molecule has 1 unspecified atom stereocenters. The summed E-state index contributed by atoms with van der Waals surface area (Å²) in [5.74, 6) is 6.61. The van der Waals surface area contributed by atoms with Gasteiger partial charge in [-0.2, -0.15) is 0 Å². The molecule has 0 saturated carbocycles. The predicted octanol–water partition coefficient (Wildman–Crippen LogP) is 3.38. The molecule has 0 spiro atoms. The molecule has 0 bridgehead atoms. The Morgan fingerprint density at radius 3 is 2.86 bits per heavy atom. The van der Waals surface area contributed by atoms with Gasteiger partial charge in [-0.05, 0) is 30.7 Å². The van der Waals surface area contributed by atoms with E-state index in [0.717, 1.165) is 27.8 Å². The summed E-state index contributed by atoms with van der Waals surface area (Å²) in [5, 5.41) is 1.06. The molecule has 0 fully saturated rings. The molecule has 1 heterocycles. The van der Waals surface area contributed by atoms with Crippen LogP contribution in [0.1, 0.15) is 24.1 Å². The van der Waals surface area contributed by atoms with E-state index in [1.807, 2.05) is 55.5 Å². The summed E-state index contributed by atoms with van der Waals surface area (Å²) in [4.78, 5) is 0. The van der Waals surface area contributed by atoms with E-state index in [0.29, 0.717) is 6.61 Å². The molecule has 4 nitrogen and oxygen atoms in total. The van der Waals surface area contributed by atoms with Gasteiger partial charge in [0.05, 0.1) is 18.9 Å². The molecule has 2 aromatic carbocycles. The van der Waals surface area contributed by atoms with Crippen molar-refractivity contribution in [2.75, 3.05) is 6.61 Å². The molecule has 4 heteroatoms. The molecule has 0 amide bonds. The highest BCUT2D eigenvalue weighted by Gasteiger charge is 2.18. The van der Waals surface area contributed by atoms with E-state index in [1.165, 1.54) is 0 Å². The molecule has 1 atom stereocenters. The summed E-state index contributed by atoms with van der Waals surface area (Å²) in [7, 11) is 0. The number of rotatable bonds is 5. The molecule has 0 aliphatic heterocycles. The van der Waals surface area contributed by atoms with Gasteiger partial charge in [0.1, 0.15) is 11.3 Å². The number of ether oxygens (including phenoxy) is 1. The van der Waals surface area contributed by atoms with E-state index in [-0.39, 0.29) is 6.04 Å². The SMILES string of the molecule is CCOc1cccc(C(NN)c2coc3ccccc23)c1. The Balaban J connectivity index is 2.03. The van der Waals surface area contributed by atoms with Crippen molar-refractivity contribution in [3.05, 3.63) is 65.9 Å². The van der Waals surface area contributed by atoms with Crippen LogP contribution in [0.15, 0.2) is 59.2 Å². The van der Waals surface area contributed by atoms with Gasteiger partial charge in [-0.25, -0.2) is 5.43 Å². The Bertz CT molecular complexity index is 736. The van der Waals surface area contributed by atoms with Crippen molar-refractivity contribution in [1.29, 1.82) is 0 Å². The first-order chi connectivity index (χ1) is 10.3. The maximum atomic E-state index is 5.78. The van der Waals surface area contributed by atoms with Crippen LogP contribution in [0.2, 0.25) is 0 Å². The van der Waals surface area contributed by atoms with Gasteiger partial charge in [0, 0.05) is 10.9 Å². The Labute approximate surface area is 123 Å². The molecule has 108 valence electrons. The number of benzene rings is 2. The standard InChI is InChI=1S/C17H18N2O2/c1-2-20-13-7-5-6-12(10-13)17(19-18)15-11-21-16-9-4-3-8-14(15)16/h3-11,17,19H,2,18H2,1H3. The number of hydrogen-bond acceptors (Lipinski definition) is 4. The lowest BCUT2D eigenvalue weighted by Gasteiger charge is -2.16. The van der Waals surface area contributed by atoms with Gasteiger partial charge in [-0.1, -0.05) is 30.3 Å². The summed E-state index contributed by atoms with van der Waals surface area (Å²) in [5.41, 5.74) is 5.77. The second kappa shape index (κ2) is 5.99. The largest absolute Gasteiger partial charge is 0.494 e. The second-order valence-corrected chi connectivity index (χ2v) is 4.79. The summed E-state index contributed by atoms with van der Waals surface area (Å²) >= 11 is 0. The van der Waals surface area contributed by atoms with Crippen LogP contribution in [0.5, 0.6) is 5.75 Å². The van der Waals surface area contributed by atoms with Crippen LogP contribution >= 0.6 is 0 Å². The lowest BCUT2D eigenvalue weighted by Crippen LogP contribution is -2.28. The van der Waals surface area contributed by atoms with Crippen LogP contribution in [0.25, 0.3) is 11.0 Å². The summed E-state index contributed by atoms with van der Waals surface area (Å²) in [6, 6.07) is 15.7. The van der Waals surface area contributed by atoms with Crippen LogP contribution in [0.3, 0.4) is 0 Å². The lowest BCUT2D eigenvalue weighted by atomic mass is 9.98. The number of furan rings is 1. The van der Waals surface area contributed by atoms with Gasteiger partial charge in [-0.3, -0.25) is 5.84 Å². The van der Waals surface area contributed by atoms with Crippen molar-refractivity contribution in [1.82, 2.24) is 5.43 Å². The van der Waals surface area contributed by atoms with E-state index in [4.69, 9.17) is 15.0 Å². The summed E-state index contributed by atoms with van der Waals surface area (Å²) in [6.07, 6.45) is 1.75. The molecule has 3 aromatic rings. The Morgan fingerprint density at radius 2 is 2.05 bits per heavy atom. The molecule has 3 rings (SSSR count). The molecule has 0 radical (unpaired) electrons. The predicted molar refractivity (Wildman–Crippen MR) is 83.0 cm³/mol. The minimum Gasteiger partial charge on any atom is -0.494 e. The number of hydrogen-bond donors (Lipinski definition) is 2. The highest BCUT2D eigenvalue weighted by Crippen LogP contribution is 2.31. The molecule has 1 aromatic heterocycles. The maximum Gasteiger partial charge on any atom is 0.134 e. The number of nitrogens with one attached hydrogen (secondary N) is 1. The third kappa shape index (κ3) is 2.63. The average molecular weight is 282 g/mol. The maximum absolute atomic E-state index is 5.78. The monoisotopic (exact) mass is 282 g/mol. The molecule has 0 saturated heterocycles. The van der Waals surface area contributed by atoms with Crippen LogP contribution in [-0.4, -0.2) is 6.61 Å².